The molecule has 5 heteroatoms. The van der Waals surface area contributed by atoms with Crippen LogP contribution in [0, 0.1) is 20.8 Å². The lowest BCUT2D eigenvalue weighted by molar-refractivity contribution is -0.139. The first-order valence-electron chi connectivity index (χ1n) is 8.66. The predicted molar refractivity (Wildman–Crippen MR) is 99.8 cm³/mol. The van der Waals surface area contributed by atoms with Gasteiger partial charge in [-0.05, 0) is 49.6 Å². The summed E-state index contributed by atoms with van der Waals surface area (Å²) in [5.74, 6) is -0.454. The Labute approximate surface area is 153 Å². The van der Waals surface area contributed by atoms with Crippen LogP contribution in [0.3, 0.4) is 0 Å². The topological polar surface area (TPSA) is 66.5 Å². The summed E-state index contributed by atoms with van der Waals surface area (Å²) < 4.78 is 0. The van der Waals surface area contributed by atoms with Crippen LogP contribution in [0.1, 0.15) is 45.5 Å². The summed E-state index contributed by atoms with van der Waals surface area (Å²) in [6.45, 7) is 6.24. The molecule has 3 rings (SSSR count). The Morgan fingerprint density at radius 3 is 2.04 bits per heavy atom. The molecule has 26 heavy (non-hydrogen) atoms. The van der Waals surface area contributed by atoms with Gasteiger partial charge in [0.15, 0.2) is 0 Å². The van der Waals surface area contributed by atoms with E-state index >= 15 is 0 Å². The minimum Gasteiger partial charge on any atom is -0.322 e. The summed E-state index contributed by atoms with van der Waals surface area (Å²) in [6, 6.07) is 11.1. The molecular weight excluding hydrogens is 328 g/mol. The van der Waals surface area contributed by atoms with Crippen molar-refractivity contribution in [1.29, 1.82) is 0 Å². The summed E-state index contributed by atoms with van der Waals surface area (Å²) >= 11 is 0. The van der Waals surface area contributed by atoms with Gasteiger partial charge in [0.1, 0.15) is 0 Å². The number of anilines is 1. The molecule has 1 saturated heterocycles. The van der Waals surface area contributed by atoms with Gasteiger partial charge in [-0.3, -0.25) is 19.3 Å². The third-order valence-corrected chi connectivity index (χ3v) is 4.63. The van der Waals surface area contributed by atoms with Gasteiger partial charge in [0.05, 0.1) is 6.54 Å². The summed E-state index contributed by atoms with van der Waals surface area (Å²) in [7, 11) is 0. The van der Waals surface area contributed by atoms with Gasteiger partial charge in [-0.1, -0.05) is 29.8 Å². The Kier molecular flexibility index (Phi) is 4.89. The fourth-order valence-electron chi connectivity index (χ4n) is 3.31. The molecule has 134 valence electrons. The molecule has 0 spiro atoms. The Morgan fingerprint density at radius 2 is 1.50 bits per heavy atom. The highest BCUT2D eigenvalue weighted by molar-refractivity contribution is 6.05. The molecule has 1 fully saturated rings. The second kappa shape index (κ2) is 7.12. The number of carbonyl (C=O) groups is 3. The molecule has 2 aromatic carbocycles. The number of hydrogen-bond acceptors (Lipinski definition) is 3. The van der Waals surface area contributed by atoms with E-state index in [1.807, 2.05) is 32.9 Å². The normalized spacial score (nSPS) is 14.0. The lowest BCUT2D eigenvalue weighted by atomic mass is 10.0. The number of imide groups is 1. The van der Waals surface area contributed by atoms with Crippen molar-refractivity contribution in [2.75, 3.05) is 5.32 Å². The van der Waals surface area contributed by atoms with Crippen molar-refractivity contribution in [3.63, 3.8) is 0 Å². The maximum Gasteiger partial charge on any atom is 0.255 e. The Bertz CT molecular complexity index is 846. The van der Waals surface area contributed by atoms with Crippen LogP contribution in [-0.2, 0) is 16.1 Å². The molecular formula is C21H22N2O3. The number of nitrogens with zero attached hydrogens (tertiary/aromatic N) is 1. The highest BCUT2D eigenvalue weighted by Gasteiger charge is 2.28. The van der Waals surface area contributed by atoms with E-state index in [9.17, 15) is 14.4 Å². The third kappa shape index (κ3) is 3.67. The molecule has 0 aliphatic carbocycles. The molecule has 3 amide bonds. The lowest BCUT2D eigenvalue weighted by Crippen LogP contribution is -2.28. The van der Waals surface area contributed by atoms with Gasteiger partial charge in [-0.2, -0.15) is 0 Å². The first-order chi connectivity index (χ1) is 12.3. The van der Waals surface area contributed by atoms with Gasteiger partial charge >= 0.3 is 0 Å². The van der Waals surface area contributed by atoms with Crippen molar-refractivity contribution in [2.45, 2.75) is 40.2 Å². The number of likely N-dealkylation sites (tertiary alicyclic amines) is 1. The Balaban J connectivity index is 1.71. The monoisotopic (exact) mass is 350 g/mol. The van der Waals surface area contributed by atoms with Crippen LogP contribution in [-0.4, -0.2) is 22.6 Å². The van der Waals surface area contributed by atoms with Crippen molar-refractivity contribution in [1.82, 2.24) is 4.90 Å². The maximum atomic E-state index is 12.5. The summed E-state index contributed by atoms with van der Waals surface area (Å²) in [5, 5.41) is 2.97. The van der Waals surface area contributed by atoms with E-state index in [4.69, 9.17) is 0 Å². The number of nitrogens with one attached hydrogen (secondary N) is 1. The van der Waals surface area contributed by atoms with E-state index < -0.39 is 0 Å². The average Bonchev–Trinajstić information content (AvgIpc) is 2.90. The predicted octanol–water partition coefficient (Wildman–Crippen LogP) is 3.51. The van der Waals surface area contributed by atoms with Crippen molar-refractivity contribution in [3.8, 4) is 0 Å². The van der Waals surface area contributed by atoms with Crippen molar-refractivity contribution in [2.24, 2.45) is 0 Å². The van der Waals surface area contributed by atoms with Gasteiger partial charge in [0.2, 0.25) is 11.8 Å². The zero-order chi connectivity index (χ0) is 18.8. The largest absolute Gasteiger partial charge is 0.322 e. The van der Waals surface area contributed by atoms with Crippen LogP contribution >= 0.6 is 0 Å². The number of aryl methyl sites for hydroxylation is 3. The van der Waals surface area contributed by atoms with E-state index in [1.54, 1.807) is 24.3 Å². The van der Waals surface area contributed by atoms with Gasteiger partial charge in [-0.25, -0.2) is 0 Å². The van der Waals surface area contributed by atoms with Gasteiger partial charge in [-0.15, -0.1) is 0 Å². The molecule has 5 nitrogen and oxygen atoms in total. The highest BCUT2D eigenvalue weighted by atomic mass is 16.2. The van der Waals surface area contributed by atoms with Crippen LogP contribution in [0.25, 0.3) is 0 Å². The standard InChI is InChI=1S/C21H22N2O3/c1-13-10-14(2)20(15(3)11-13)22-21(26)17-6-4-16(5-7-17)12-23-18(24)8-9-19(23)25/h4-7,10-11H,8-9,12H2,1-3H3,(H,22,26). The summed E-state index contributed by atoms with van der Waals surface area (Å²) in [6.07, 6.45) is 0.573. The molecule has 0 bridgehead atoms. The average molecular weight is 350 g/mol. The summed E-state index contributed by atoms with van der Waals surface area (Å²) in [5.41, 5.74) is 5.41. The quantitative estimate of drug-likeness (QED) is 0.858. The van der Waals surface area contributed by atoms with E-state index in [2.05, 4.69) is 5.32 Å². The maximum absolute atomic E-state index is 12.5. The SMILES string of the molecule is Cc1cc(C)c(NC(=O)c2ccc(CN3C(=O)CCC3=O)cc2)c(C)c1. The Morgan fingerprint density at radius 1 is 0.962 bits per heavy atom. The number of rotatable bonds is 4. The minimum atomic E-state index is -0.181. The molecule has 1 N–H and O–H groups in total. The third-order valence-electron chi connectivity index (χ3n) is 4.63. The van der Waals surface area contributed by atoms with Crippen molar-refractivity contribution in [3.05, 3.63) is 64.2 Å². The fourth-order valence-corrected chi connectivity index (χ4v) is 3.31. The van der Waals surface area contributed by atoms with Gasteiger partial charge < -0.3 is 5.32 Å². The van der Waals surface area contributed by atoms with Crippen LogP contribution in [0.2, 0.25) is 0 Å². The van der Waals surface area contributed by atoms with E-state index in [0.717, 1.165) is 27.9 Å². The first-order valence-corrected chi connectivity index (χ1v) is 8.66. The molecule has 2 aromatic rings. The second-order valence-electron chi connectivity index (χ2n) is 6.80. The first kappa shape index (κ1) is 17.9. The second-order valence-corrected chi connectivity index (χ2v) is 6.80. The van der Waals surface area contributed by atoms with Crippen molar-refractivity contribution >= 4 is 23.4 Å². The van der Waals surface area contributed by atoms with Crippen LogP contribution in [0.4, 0.5) is 5.69 Å². The molecule has 1 heterocycles. The lowest BCUT2D eigenvalue weighted by Gasteiger charge is -2.15. The smallest absolute Gasteiger partial charge is 0.255 e. The van der Waals surface area contributed by atoms with Crippen molar-refractivity contribution < 1.29 is 14.4 Å². The number of amides is 3. The molecule has 0 radical (unpaired) electrons. The number of carbonyl (C=O) groups excluding carboxylic acids is 3. The van der Waals surface area contributed by atoms with Crippen LogP contribution in [0.15, 0.2) is 36.4 Å². The van der Waals surface area contributed by atoms with E-state index in [1.165, 1.54) is 4.90 Å². The van der Waals surface area contributed by atoms with Gasteiger partial charge in [0.25, 0.3) is 5.91 Å². The zero-order valence-electron chi connectivity index (χ0n) is 15.3. The minimum absolute atomic E-state index is 0.137. The summed E-state index contributed by atoms with van der Waals surface area (Å²) in [4.78, 5) is 37.2. The van der Waals surface area contributed by atoms with Crippen LogP contribution < -0.4 is 5.32 Å². The molecule has 0 aromatic heterocycles. The van der Waals surface area contributed by atoms with Crippen LogP contribution in [0.5, 0.6) is 0 Å². The molecule has 1 aliphatic heterocycles. The molecule has 0 saturated carbocycles. The molecule has 1 aliphatic rings. The Hall–Kier alpha value is -2.95. The van der Waals surface area contributed by atoms with E-state index in [-0.39, 0.29) is 37.1 Å². The van der Waals surface area contributed by atoms with E-state index in [0.29, 0.717) is 5.56 Å². The number of benzene rings is 2. The molecule has 0 atom stereocenters. The molecule has 0 unspecified atom stereocenters. The highest BCUT2D eigenvalue weighted by Crippen LogP contribution is 2.23. The zero-order valence-corrected chi connectivity index (χ0v) is 15.3. The van der Waals surface area contributed by atoms with Gasteiger partial charge in [0, 0.05) is 24.1 Å². The number of hydrogen-bond donors (Lipinski definition) is 1. The fraction of sp³-hybridized carbons (Fsp3) is 0.286.